The number of rotatable bonds is 4. The minimum Gasteiger partial charge on any atom is -0.489 e. The van der Waals surface area contributed by atoms with Crippen molar-refractivity contribution in [1.29, 1.82) is 0 Å². The van der Waals surface area contributed by atoms with E-state index >= 15 is 0 Å². The van der Waals surface area contributed by atoms with Crippen molar-refractivity contribution < 1.29 is 4.74 Å². The highest BCUT2D eigenvalue weighted by Gasteiger charge is 2.27. The lowest BCUT2D eigenvalue weighted by Gasteiger charge is -2.41. The van der Waals surface area contributed by atoms with Gasteiger partial charge in [-0.1, -0.05) is 12.1 Å². The highest BCUT2D eigenvalue weighted by atomic mass is 16.5. The number of para-hydroxylation sites is 2. The molecule has 0 saturated carbocycles. The average Bonchev–Trinajstić information content (AvgIpc) is 2.18. The number of ether oxygens (including phenoxy) is 1. The van der Waals surface area contributed by atoms with Crippen molar-refractivity contribution in [1.82, 2.24) is 5.32 Å². The van der Waals surface area contributed by atoms with Crippen LogP contribution in [-0.2, 0) is 0 Å². The van der Waals surface area contributed by atoms with Crippen molar-refractivity contribution in [3.8, 4) is 5.75 Å². The van der Waals surface area contributed by atoms with Crippen molar-refractivity contribution in [2.45, 2.75) is 26.0 Å². The Hall–Kier alpha value is -1.22. The van der Waals surface area contributed by atoms with Crippen LogP contribution in [0.25, 0.3) is 0 Å². The van der Waals surface area contributed by atoms with Gasteiger partial charge in [-0.3, -0.25) is 0 Å². The predicted molar refractivity (Wildman–Crippen MR) is 67.3 cm³/mol. The van der Waals surface area contributed by atoms with Gasteiger partial charge in [0.25, 0.3) is 0 Å². The van der Waals surface area contributed by atoms with Gasteiger partial charge in [0, 0.05) is 19.1 Å². The van der Waals surface area contributed by atoms with Gasteiger partial charge in [0.2, 0.25) is 0 Å². The van der Waals surface area contributed by atoms with Crippen LogP contribution in [0, 0.1) is 0 Å². The van der Waals surface area contributed by atoms with Gasteiger partial charge in [-0.25, -0.2) is 0 Å². The van der Waals surface area contributed by atoms with Crippen LogP contribution in [-0.4, -0.2) is 32.3 Å². The first-order valence-corrected chi connectivity index (χ1v) is 5.88. The number of likely N-dealkylation sites (N-methyl/N-ethyl adjacent to an activating group) is 1. The summed E-state index contributed by atoms with van der Waals surface area (Å²) in [5.41, 5.74) is 1.21. The Labute approximate surface area is 97.4 Å². The first-order valence-electron chi connectivity index (χ1n) is 5.88. The molecule has 2 rings (SSSR count). The molecule has 0 radical (unpaired) electrons. The van der Waals surface area contributed by atoms with Crippen LogP contribution in [0.15, 0.2) is 24.3 Å². The summed E-state index contributed by atoms with van der Waals surface area (Å²) in [5, 5.41) is 3.28. The second-order valence-corrected chi connectivity index (χ2v) is 4.52. The molecule has 1 aromatic rings. The third-order valence-electron chi connectivity index (χ3n) is 2.86. The minimum absolute atomic E-state index is 0.225. The lowest BCUT2D eigenvalue weighted by molar-refractivity contribution is 0.242. The molecule has 1 saturated heterocycles. The zero-order chi connectivity index (χ0) is 11.5. The molecule has 0 spiro atoms. The third-order valence-corrected chi connectivity index (χ3v) is 2.86. The van der Waals surface area contributed by atoms with Crippen molar-refractivity contribution in [2.24, 2.45) is 0 Å². The molecule has 1 heterocycles. The molecular formula is C13H20N2O. The van der Waals surface area contributed by atoms with Crippen LogP contribution >= 0.6 is 0 Å². The monoisotopic (exact) mass is 220 g/mol. The molecule has 88 valence electrons. The maximum atomic E-state index is 5.81. The predicted octanol–water partition coefficient (Wildman–Crippen LogP) is 1.88. The number of nitrogens with one attached hydrogen (secondary N) is 1. The van der Waals surface area contributed by atoms with Crippen LogP contribution in [0.5, 0.6) is 5.75 Å². The molecular weight excluding hydrogens is 200 g/mol. The van der Waals surface area contributed by atoms with E-state index in [2.05, 4.69) is 36.2 Å². The Morgan fingerprint density at radius 1 is 1.31 bits per heavy atom. The number of anilines is 1. The van der Waals surface area contributed by atoms with E-state index in [4.69, 9.17) is 4.74 Å². The fourth-order valence-electron chi connectivity index (χ4n) is 1.93. The van der Waals surface area contributed by atoms with Crippen LogP contribution in [0.4, 0.5) is 5.69 Å². The molecule has 0 bridgehead atoms. The topological polar surface area (TPSA) is 24.5 Å². The fraction of sp³-hybridized carbons (Fsp3) is 0.538. The molecule has 1 fully saturated rings. The van der Waals surface area contributed by atoms with Gasteiger partial charge < -0.3 is 15.0 Å². The maximum absolute atomic E-state index is 5.81. The summed E-state index contributed by atoms with van der Waals surface area (Å²) >= 11 is 0. The first-order chi connectivity index (χ1) is 7.70. The van der Waals surface area contributed by atoms with Crippen molar-refractivity contribution in [2.75, 3.05) is 25.0 Å². The van der Waals surface area contributed by atoms with Gasteiger partial charge in [-0.15, -0.1) is 0 Å². The van der Waals surface area contributed by atoms with E-state index in [0.29, 0.717) is 6.04 Å². The smallest absolute Gasteiger partial charge is 0.142 e. The minimum atomic E-state index is 0.225. The first kappa shape index (κ1) is 11.3. The zero-order valence-electron chi connectivity index (χ0n) is 10.2. The number of hydrogen-bond acceptors (Lipinski definition) is 3. The molecule has 0 amide bonds. The standard InChI is InChI=1S/C13H20N2O/c1-10(2)16-13-7-5-4-6-12(13)15-8-11(9-15)14-3/h4-7,10-11,14H,8-9H2,1-3H3. The molecule has 0 aliphatic carbocycles. The van der Waals surface area contributed by atoms with E-state index in [1.807, 2.05) is 19.2 Å². The summed E-state index contributed by atoms with van der Waals surface area (Å²) in [7, 11) is 2.01. The highest BCUT2D eigenvalue weighted by Crippen LogP contribution is 2.31. The maximum Gasteiger partial charge on any atom is 0.142 e. The second-order valence-electron chi connectivity index (χ2n) is 4.52. The summed E-state index contributed by atoms with van der Waals surface area (Å²) in [6.07, 6.45) is 0.225. The number of benzene rings is 1. The quantitative estimate of drug-likeness (QED) is 0.838. The fourth-order valence-corrected chi connectivity index (χ4v) is 1.93. The third kappa shape index (κ3) is 2.30. The lowest BCUT2D eigenvalue weighted by Crippen LogP contribution is -2.57. The summed E-state index contributed by atoms with van der Waals surface area (Å²) in [5.74, 6) is 0.993. The zero-order valence-corrected chi connectivity index (χ0v) is 10.2. The molecule has 1 aromatic carbocycles. The van der Waals surface area contributed by atoms with E-state index in [1.54, 1.807) is 0 Å². The van der Waals surface area contributed by atoms with Crippen molar-refractivity contribution in [3.05, 3.63) is 24.3 Å². The van der Waals surface area contributed by atoms with Crippen LogP contribution in [0.2, 0.25) is 0 Å². The molecule has 16 heavy (non-hydrogen) atoms. The number of hydrogen-bond donors (Lipinski definition) is 1. The Balaban J connectivity index is 2.08. The normalized spacial score (nSPS) is 16.4. The Morgan fingerprint density at radius 2 is 2.00 bits per heavy atom. The van der Waals surface area contributed by atoms with Crippen LogP contribution < -0.4 is 15.0 Å². The van der Waals surface area contributed by atoms with Crippen molar-refractivity contribution in [3.63, 3.8) is 0 Å². The average molecular weight is 220 g/mol. The van der Waals surface area contributed by atoms with Gasteiger partial charge in [-0.2, -0.15) is 0 Å². The summed E-state index contributed by atoms with van der Waals surface area (Å²) in [6.45, 7) is 6.25. The van der Waals surface area contributed by atoms with Gasteiger partial charge in [-0.05, 0) is 33.0 Å². The second kappa shape index (κ2) is 4.74. The van der Waals surface area contributed by atoms with Gasteiger partial charge in [0.1, 0.15) is 5.75 Å². The molecule has 1 aliphatic heterocycles. The molecule has 1 N–H and O–H groups in total. The van der Waals surface area contributed by atoms with E-state index in [1.165, 1.54) is 5.69 Å². The van der Waals surface area contributed by atoms with E-state index in [-0.39, 0.29) is 6.10 Å². The highest BCUT2D eigenvalue weighted by molar-refractivity contribution is 5.60. The molecule has 0 aromatic heterocycles. The summed E-state index contributed by atoms with van der Waals surface area (Å²) < 4.78 is 5.81. The largest absolute Gasteiger partial charge is 0.489 e. The molecule has 3 nitrogen and oxygen atoms in total. The van der Waals surface area contributed by atoms with Crippen LogP contribution in [0.1, 0.15) is 13.8 Å². The molecule has 0 atom stereocenters. The molecule has 1 aliphatic rings. The van der Waals surface area contributed by atoms with E-state index in [0.717, 1.165) is 18.8 Å². The molecule has 3 heteroatoms. The van der Waals surface area contributed by atoms with E-state index in [9.17, 15) is 0 Å². The van der Waals surface area contributed by atoms with Gasteiger partial charge >= 0.3 is 0 Å². The SMILES string of the molecule is CNC1CN(c2ccccc2OC(C)C)C1. The van der Waals surface area contributed by atoms with Gasteiger partial charge in [0.15, 0.2) is 0 Å². The van der Waals surface area contributed by atoms with Crippen LogP contribution in [0.3, 0.4) is 0 Å². The Kier molecular flexibility index (Phi) is 3.34. The summed E-state index contributed by atoms with van der Waals surface area (Å²) in [6, 6.07) is 8.88. The lowest BCUT2D eigenvalue weighted by atomic mass is 10.1. The summed E-state index contributed by atoms with van der Waals surface area (Å²) in [4.78, 5) is 2.35. The van der Waals surface area contributed by atoms with E-state index < -0.39 is 0 Å². The number of nitrogens with zero attached hydrogens (tertiary/aromatic N) is 1. The van der Waals surface area contributed by atoms with Gasteiger partial charge in [0.05, 0.1) is 11.8 Å². The Morgan fingerprint density at radius 3 is 2.62 bits per heavy atom. The molecule has 0 unspecified atom stereocenters. The van der Waals surface area contributed by atoms with Crippen molar-refractivity contribution >= 4 is 5.69 Å². The Bertz CT molecular complexity index is 346.